The lowest BCUT2D eigenvalue weighted by molar-refractivity contribution is 0.0183. The standard InChI is InChI=1S/C11H12FNO2/c12-9-7-13-5-4-8(9)11(14)10-3-1-2-6-15-10/h4-5,7,10H,1-3,6H2. The molecule has 0 spiro atoms. The van der Waals surface area contributed by atoms with Crippen LogP contribution in [0.1, 0.15) is 29.6 Å². The summed E-state index contributed by atoms with van der Waals surface area (Å²) in [5, 5.41) is 0. The third-order valence-corrected chi connectivity index (χ3v) is 2.51. The van der Waals surface area contributed by atoms with Crippen molar-refractivity contribution in [3.05, 3.63) is 29.8 Å². The molecule has 0 saturated carbocycles. The molecule has 80 valence electrons. The molecular formula is C11H12FNO2. The van der Waals surface area contributed by atoms with Crippen molar-refractivity contribution in [2.45, 2.75) is 25.4 Å². The van der Waals surface area contributed by atoms with Crippen molar-refractivity contribution in [3.8, 4) is 0 Å². The lowest BCUT2D eigenvalue weighted by Crippen LogP contribution is -2.28. The van der Waals surface area contributed by atoms with Gasteiger partial charge in [-0.2, -0.15) is 0 Å². The third kappa shape index (κ3) is 2.21. The van der Waals surface area contributed by atoms with Crippen LogP contribution in [0, 0.1) is 5.82 Å². The predicted octanol–water partition coefficient (Wildman–Crippen LogP) is 1.97. The summed E-state index contributed by atoms with van der Waals surface area (Å²) >= 11 is 0. The Labute approximate surface area is 87.3 Å². The van der Waals surface area contributed by atoms with Crippen molar-refractivity contribution >= 4 is 5.78 Å². The highest BCUT2D eigenvalue weighted by molar-refractivity contribution is 5.99. The van der Waals surface area contributed by atoms with E-state index in [0.29, 0.717) is 13.0 Å². The molecule has 4 heteroatoms. The van der Waals surface area contributed by atoms with Gasteiger partial charge in [0.1, 0.15) is 6.10 Å². The van der Waals surface area contributed by atoms with Crippen LogP contribution in [-0.2, 0) is 4.74 Å². The Bertz CT molecular complexity index is 361. The van der Waals surface area contributed by atoms with Gasteiger partial charge in [-0.15, -0.1) is 0 Å². The van der Waals surface area contributed by atoms with Crippen LogP contribution < -0.4 is 0 Å². The van der Waals surface area contributed by atoms with Gasteiger partial charge < -0.3 is 4.74 Å². The SMILES string of the molecule is O=C(c1ccncc1F)C1CCCCO1. The maximum Gasteiger partial charge on any atom is 0.194 e. The van der Waals surface area contributed by atoms with Crippen molar-refractivity contribution in [1.29, 1.82) is 0 Å². The maximum atomic E-state index is 13.3. The van der Waals surface area contributed by atoms with Gasteiger partial charge in [0.15, 0.2) is 11.6 Å². The van der Waals surface area contributed by atoms with Crippen LogP contribution in [-0.4, -0.2) is 23.5 Å². The van der Waals surface area contributed by atoms with Gasteiger partial charge in [-0.25, -0.2) is 4.39 Å². The molecule has 3 nitrogen and oxygen atoms in total. The van der Waals surface area contributed by atoms with E-state index in [1.54, 1.807) is 0 Å². The van der Waals surface area contributed by atoms with Crippen LogP contribution >= 0.6 is 0 Å². The van der Waals surface area contributed by atoms with E-state index in [-0.39, 0.29) is 11.3 Å². The van der Waals surface area contributed by atoms with E-state index in [9.17, 15) is 9.18 Å². The molecule has 1 fully saturated rings. The molecular weight excluding hydrogens is 197 g/mol. The van der Waals surface area contributed by atoms with Gasteiger partial charge in [0.2, 0.25) is 0 Å². The van der Waals surface area contributed by atoms with E-state index in [0.717, 1.165) is 19.0 Å². The van der Waals surface area contributed by atoms with Gasteiger partial charge >= 0.3 is 0 Å². The molecule has 1 aliphatic rings. The fraction of sp³-hybridized carbons (Fsp3) is 0.455. The molecule has 1 aliphatic heterocycles. The van der Waals surface area contributed by atoms with Gasteiger partial charge in [-0.1, -0.05) is 0 Å². The first kappa shape index (κ1) is 10.2. The summed E-state index contributed by atoms with van der Waals surface area (Å²) in [7, 11) is 0. The molecule has 0 radical (unpaired) electrons. The third-order valence-electron chi connectivity index (χ3n) is 2.51. The van der Waals surface area contributed by atoms with Crippen molar-refractivity contribution in [2.24, 2.45) is 0 Å². The molecule has 1 unspecified atom stereocenters. The molecule has 2 rings (SSSR count). The largest absolute Gasteiger partial charge is 0.370 e. The first-order valence-corrected chi connectivity index (χ1v) is 5.04. The van der Waals surface area contributed by atoms with Gasteiger partial charge in [0.25, 0.3) is 0 Å². The van der Waals surface area contributed by atoms with E-state index in [1.807, 2.05) is 0 Å². The fourth-order valence-electron chi connectivity index (χ4n) is 1.70. The number of halogens is 1. The minimum atomic E-state index is -0.573. The Morgan fingerprint density at radius 3 is 3.07 bits per heavy atom. The number of nitrogens with zero attached hydrogens (tertiary/aromatic N) is 1. The Hall–Kier alpha value is -1.29. The summed E-state index contributed by atoms with van der Waals surface area (Å²) in [4.78, 5) is 15.4. The molecule has 1 atom stereocenters. The second-order valence-electron chi connectivity index (χ2n) is 3.57. The van der Waals surface area contributed by atoms with Gasteiger partial charge in [-0.3, -0.25) is 9.78 Å². The summed E-state index contributed by atoms with van der Waals surface area (Å²) in [6.45, 7) is 0.586. The summed E-state index contributed by atoms with van der Waals surface area (Å²) in [6.07, 6.45) is 4.61. The summed E-state index contributed by atoms with van der Waals surface area (Å²) in [6, 6.07) is 1.40. The number of rotatable bonds is 2. The van der Waals surface area contributed by atoms with Crippen molar-refractivity contribution in [2.75, 3.05) is 6.61 Å². The van der Waals surface area contributed by atoms with E-state index in [2.05, 4.69) is 4.98 Å². The van der Waals surface area contributed by atoms with E-state index >= 15 is 0 Å². The number of carbonyl (C=O) groups excluding carboxylic acids is 1. The lowest BCUT2D eigenvalue weighted by Gasteiger charge is -2.21. The second-order valence-corrected chi connectivity index (χ2v) is 3.57. The molecule has 1 saturated heterocycles. The molecule has 1 aromatic rings. The number of Topliss-reactive ketones (excluding diaryl/α,β-unsaturated/α-hetero) is 1. The summed E-state index contributed by atoms with van der Waals surface area (Å²) < 4.78 is 18.6. The highest BCUT2D eigenvalue weighted by Gasteiger charge is 2.25. The van der Waals surface area contributed by atoms with Crippen LogP contribution in [0.2, 0.25) is 0 Å². The molecule has 2 heterocycles. The first-order valence-electron chi connectivity index (χ1n) is 5.04. The molecule has 0 aliphatic carbocycles. The molecule has 0 bridgehead atoms. The molecule has 0 amide bonds. The highest BCUT2D eigenvalue weighted by atomic mass is 19.1. The number of pyridine rings is 1. The molecule has 0 N–H and O–H groups in total. The Morgan fingerprint density at radius 2 is 2.40 bits per heavy atom. The first-order chi connectivity index (χ1) is 7.29. The van der Waals surface area contributed by atoms with E-state index < -0.39 is 11.9 Å². The zero-order valence-corrected chi connectivity index (χ0v) is 8.28. The van der Waals surface area contributed by atoms with Crippen LogP contribution in [0.5, 0.6) is 0 Å². The quantitative estimate of drug-likeness (QED) is 0.699. The average Bonchev–Trinajstić information content (AvgIpc) is 2.30. The van der Waals surface area contributed by atoms with Crippen molar-refractivity contribution in [1.82, 2.24) is 4.98 Å². The second kappa shape index (κ2) is 4.49. The number of hydrogen-bond donors (Lipinski definition) is 0. The van der Waals surface area contributed by atoms with Crippen LogP contribution in [0.3, 0.4) is 0 Å². The highest BCUT2D eigenvalue weighted by Crippen LogP contribution is 2.18. The van der Waals surface area contributed by atoms with Gasteiger partial charge in [0, 0.05) is 12.8 Å². The smallest absolute Gasteiger partial charge is 0.194 e. The predicted molar refractivity (Wildman–Crippen MR) is 52.1 cm³/mol. The van der Waals surface area contributed by atoms with Gasteiger partial charge in [-0.05, 0) is 25.3 Å². The van der Waals surface area contributed by atoms with Crippen LogP contribution in [0.4, 0.5) is 4.39 Å². The average molecular weight is 209 g/mol. The number of hydrogen-bond acceptors (Lipinski definition) is 3. The summed E-state index contributed by atoms with van der Waals surface area (Å²) in [5.74, 6) is -0.841. The molecule has 1 aromatic heterocycles. The number of ether oxygens (including phenoxy) is 1. The topological polar surface area (TPSA) is 39.2 Å². The van der Waals surface area contributed by atoms with Gasteiger partial charge in [0.05, 0.1) is 11.8 Å². The Morgan fingerprint density at radius 1 is 1.53 bits per heavy atom. The van der Waals surface area contributed by atoms with Crippen molar-refractivity contribution in [3.63, 3.8) is 0 Å². The minimum Gasteiger partial charge on any atom is -0.370 e. The number of carbonyl (C=O) groups is 1. The van der Waals surface area contributed by atoms with E-state index in [4.69, 9.17) is 4.74 Å². The fourth-order valence-corrected chi connectivity index (χ4v) is 1.70. The normalized spacial score (nSPS) is 21.3. The lowest BCUT2D eigenvalue weighted by atomic mass is 10.0. The maximum absolute atomic E-state index is 13.3. The summed E-state index contributed by atoms with van der Waals surface area (Å²) in [5.41, 5.74) is 0.0805. The monoisotopic (exact) mass is 209 g/mol. The molecule has 0 aromatic carbocycles. The minimum absolute atomic E-state index is 0.0805. The van der Waals surface area contributed by atoms with Crippen LogP contribution in [0.25, 0.3) is 0 Å². The number of ketones is 1. The Balaban J connectivity index is 2.16. The Kier molecular flexibility index (Phi) is 3.06. The number of aromatic nitrogens is 1. The van der Waals surface area contributed by atoms with Crippen LogP contribution in [0.15, 0.2) is 18.5 Å². The van der Waals surface area contributed by atoms with Crippen molar-refractivity contribution < 1.29 is 13.9 Å². The van der Waals surface area contributed by atoms with E-state index in [1.165, 1.54) is 12.3 Å². The molecule has 15 heavy (non-hydrogen) atoms. The zero-order chi connectivity index (χ0) is 10.7. The zero-order valence-electron chi connectivity index (χ0n) is 8.28.